The molecule has 2 aromatic rings. The SMILES string of the molecule is I.NC(=NCCn1cccn1)N1CCN(c2ccc(Cl)cc2)CC1. The lowest BCUT2D eigenvalue weighted by Crippen LogP contribution is -2.51. The zero-order valence-electron chi connectivity index (χ0n) is 13.4. The van der Waals surface area contributed by atoms with Crippen LogP contribution in [0.4, 0.5) is 5.69 Å². The zero-order chi connectivity index (χ0) is 16.1. The Morgan fingerprint density at radius 3 is 2.50 bits per heavy atom. The van der Waals surface area contributed by atoms with Crippen molar-refractivity contribution in [3.8, 4) is 0 Å². The van der Waals surface area contributed by atoms with Crippen LogP contribution >= 0.6 is 35.6 Å². The monoisotopic (exact) mass is 460 g/mol. The second-order valence-electron chi connectivity index (χ2n) is 5.46. The van der Waals surface area contributed by atoms with Crippen molar-refractivity contribution in [3.05, 3.63) is 47.7 Å². The normalized spacial score (nSPS) is 15.3. The van der Waals surface area contributed by atoms with Crippen LogP contribution in [0.1, 0.15) is 0 Å². The third kappa shape index (κ3) is 5.01. The topological polar surface area (TPSA) is 62.7 Å². The molecule has 0 bridgehead atoms. The predicted molar refractivity (Wildman–Crippen MR) is 109 cm³/mol. The summed E-state index contributed by atoms with van der Waals surface area (Å²) in [5.41, 5.74) is 7.30. The number of aromatic nitrogens is 2. The second kappa shape index (κ2) is 9.12. The molecule has 3 rings (SSSR count). The Bertz CT molecular complexity index is 635. The van der Waals surface area contributed by atoms with E-state index in [4.69, 9.17) is 17.3 Å². The molecule has 24 heavy (non-hydrogen) atoms. The Morgan fingerprint density at radius 1 is 1.17 bits per heavy atom. The first-order valence-electron chi connectivity index (χ1n) is 7.75. The number of piperazine rings is 1. The van der Waals surface area contributed by atoms with E-state index >= 15 is 0 Å². The van der Waals surface area contributed by atoms with Crippen LogP contribution in [0.5, 0.6) is 0 Å². The molecule has 1 saturated heterocycles. The number of nitrogens with zero attached hydrogens (tertiary/aromatic N) is 5. The van der Waals surface area contributed by atoms with Crippen molar-refractivity contribution in [2.45, 2.75) is 6.54 Å². The number of hydrogen-bond donors (Lipinski definition) is 1. The second-order valence-corrected chi connectivity index (χ2v) is 5.90. The van der Waals surface area contributed by atoms with Crippen LogP contribution in [0.15, 0.2) is 47.7 Å². The molecule has 2 heterocycles. The number of aliphatic imine (C=N–C) groups is 1. The van der Waals surface area contributed by atoms with E-state index in [1.807, 2.05) is 29.1 Å². The van der Waals surface area contributed by atoms with E-state index in [9.17, 15) is 0 Å². The number of rotatable bonds is 4. The van der Waals surface area contributed by atoms with Crippen molar-refractivity contribution < 1.29 is 0 Å². The van der Waals surface area contributed by atoms with Crippen molar-refractivity contribution in [2.75, 3.05) is 37.6 Å². The highest BCUT2D eigenvalue weighted by atomic mass is 127. The van der Waals surface area contributed by atoms with Crippen LogP contribution in [0.2, 0.25) is 5.02 Å². The lowest BCUT2D eigenvalue weighted by atomic mass is 10.2. The van der Waals surface area contributed by atoms with Crippen LogP contribution in [-0.2, 0) is 6.54 Å². The number of anilines is 1. The van der Waals surface area contributed by atoms with E-state index < -0.39 is 0 Å². The first kappa shape index (κ1) is 18.9. The van der Waals surface area contributed by atoms with Gasteiger partial charge in [-0.1, -0.05) is 11.6 Å². The first-order chi connectivity index (χ1) is 11.2. The molecule has 1 aliphatic rings. The van der Waals surface area contributed by atoms with Gasteiger partial charge in [0.2, 0.25) is 0 Å². The van der Waals surface area contributed by atoms with Crippen molar-refractivity contribution in [1.82, 2.24) is 14.7 Å². The van der Waals surface area contributed by atoms with Gasteiger partial charge in [-0.2, -0.15) is 5.10 Å². The molecular weight excluding hydrogens is 439 g/mol. The summed E-state index contributed by atoms with van der Waals surface area (Å²) < 4.78 is 1.86. The van der Waals surface area contributed by atoms with Gasteiger partial charge < -0.3 is 15.5 Å². The van der Waals surface area contributed by atoms with Gasteiger partial charge in [0.15, 0.2) is 5.96 Å². The van der Waals surface area contributed by atoms with Gasteiger partial charge in [-0.25, -0.2) is 0 Å². The number of benzene rings is 1. The molecule has 1 aromatic carbocycles. The number of nitrogens with two attached hydrogens (primary N) is 1. The van der Waals surface area contributed by atoms with E-state index in [0.717, 1.165) is 37.7 Å². The summed E-state index contributed by atoms with van der Waals surface area (Å²) in [4.78, 5) is 8.93. The highest BCUT2D eigenvalue weighted by molar-refractivity contribution is 14.0. The predicted octanol–water partition coefficient (Wildman–Crippen LogP) is 2.29. The molecule has 2 N–H and O–H groups in total. The number of hydrogen-bond acceptors (Lipinski definition) is 3. The largest absolute Gasteiger partial charge is 0.370 e. The van der Waals surface area contributed by atoms with Gasteiger partial charge in [-0.3, -0.25) is 9.67 Å². The summed E-state index contributed by atoms with van der Waals surface area (Å²) in [6, 6.07) is 9.87. The van der Waals surface area contributed by atoms with Crippen LogP contribution in [0.25, 0.3) is 0 Å². The minimum Gasteiger partial charge on any atom is -0.370 e. The van der Waals surface area contributed by atoms with Crippen LogP contribution in [0, 0.1) is 0 Å². The van der Waals surface area contributed by atoms with Gasteiger partial charge in [0.25, 0.3) is 0 Å². The van der Waals surface area contributed by atoms with Gasteiger partial charge >= 0.3 is 0 Å². The average molecular weight is 461 g/mol. The minimum absolute atomic E-state index is 0. The van der Waals surface area contributed by atoms with Crippen molar-refractivity contribution in [2.24, 2.45) is 10.7 Å². The first-order valence-corrected chi connectivity index (χ1v) is 8.13. The highest BCUT2D eigenvalue weighted by Gasteiger charge is 2.18. The summed E-state index contributed by atoms with van der Waals surface area (Å²) in [5.74, 6) is 0.618. The fourth-order valence-electron chi connectivity index (χ4n) is 2.65. The summed E-state index contributed by atoms with van der Waals surface area (Å²) in [5, 5.41) is 4.92. The van der Waals surface area contributed by atoms with Crippen LogP contribution in [-0.4, -0.2) is 53.4 Å². The maximum absolute atomic E-state index is 6.10. The molecule has 8 heteroatoms. The lowest BCUT2D eigenvalue weighted by Gasteiger charge is -2.36. The standard InChI is InChI=1S/C16H21ClN6.HI/c17-14-2-4-15(5-3-14)21-10-12-22(13-11-21)16(18)19-7-9-23-8-1-6-20-23;/h1-6,8H,7,9-13H2,(H2,18,19);1H. The van der Waals surface area contributed by atoms with E-state index in [-0.39, 0.29) is 24.0 Å². The Kier molecular flexibility index (Phi) is 7.16. The summed E-state index contributed by atoms with van der Waals surface area (Å²) in [6.45, 7) is 5.00. The molecule has 130 valence electrons. The van der Waals surface area contributed by atoms with Crippen LogP contribution < -0.4 is 10.6 Å². The van der Waals surface area contributed by atoms with Gasteiger partial charge in [-0.15, -0.1) is 24.0 Å². The lowest BCUT2D eigenvalue weighted by molar-refractivity contribution is 0.380. The van der Waals surface area contributed by atoms with Crippen molar-refractivity contribution >= 4 is 47.2 Å². The Labute approximate surface area is 164 Å². The third-order valence-electron chi connectivity index (χ3n) is 3.96. The van der Waals surface area contributed by atoms with Crippen molar-refractivity contribution in [1.29, 1.82) is 0 Å². The molecule has 0 radical (unpaired) electrons. The molecule has 1 aromatic heterocycles. The maximum atomic E-state index is 6.10. The van der Waals surface area contributed by atoms with E-state index in [2.05, 4.69) is 32.0 Å². The molecule has 0 spiro atoms. The Morgan fingerprint density at radius 2 is 1.88 bits per heavy atom. The molecule has 6 nitrogen and oxygen atoms in total. The molecule has 0 aliphatic carbocycles. The van der Waals surface area contributed by atoms with Gasteiger partial charge in [-0.05, 0) is 30.3 Å². The van der Waals surface area contributed by atoms with Gasteiger partial charge in [0.1, 0.15) is 0 Å². The summed E-state index contributed by atoms with van der Waals surface area (Å²) in [7, 11) is 0. The van der Waals surface area contributed by atoms with E-state index in [1.54, 1.807) is 6.20 Å². The molecule has 0 unspecified atom stereocenters. The third-order valence-corrected chi connectivity index (χ3v) is 4.21. The highest BCUT2D eigenvalue weighted by Crippen LogP contribution is 2.19. The Balaban J connectivity index is 0.00000208. The zero-order valence-corrected chi connectivity index (χ0v) is 16.5. The van der Waals surface area contributed by atoms with Gasteiger partial charge in [0, 0.05) is 49.3 Å². The van der Waals surface area contributed by atoms with E-state index in [1.165, 1.54) is 5.69 Å². The quantitative estimate of drug-likeness (QED) is 0.432. The average Bonchev–Trinajstić information content (AvgIpc) is 3.09. The summed E-state index contributed by atoms with van der Waals surface area (Å²) >= 11 is 5.94. The van der Waals surface area contributed by atoms with E-state index in [0.29, 0.717) is 12.5 Å². The molecule has 0 amide bonds. The molecule has 1 fully saturated rings. The smallest absolute Gasteiger partial charge is 0.191 e. The maximum Gasteiger partial charge on any atom is 0.191 e. The number of guanidine groups is 1. The number of halogens is 2. The van der Waals surface area contributed by atoms with Crippen LogP contribution in [0.3, 0.4) is 0 Å². The fraction of sp³-hybridized carbons (Fsp3) is 0.375. The van der Waals surface area contributed by atoms with Gasteiger partial charge in [0.05, 0.1) is 13.1 Å². The molecule has 0 atom stereocenters. The minimum atomic E-state index is 0. The van der Waals surface area contributed by atoms with Crippen molar-refractivity contribution in [3.63, 3.8) is 0 Å². The summed E-state index contributed by atoms with van der Waals surface area (Å²) in [6.07, 6.45) is 3.69. The molecule has 0 saturated carbocycles. The fourth-order valence-corrected chi connectivity index (χ4v) is 2.77. The molecule has 1 aliphatic heterocycles. The molecular formula is C16H22ClIN6. The Hall–Kier alpha value is -1.48.